The lowest BCUT2D eigenvalue weighted by atomic mass is 10.1. The summed E-state index contributed by atoms with van der Waals surface area (Å²) in [6.45, 7) is 0. The fourth-order valence-corrected chi connectivity index (χ4v) is 3.14. The lowest BCUT2D eigenvalue weighted by Gasteiger charge is -2.25. The van der Waals surface area contributed by atoms with Gasteiger partial charge in [0.1, 0.15) is 5.82 Å². The first-order chi connectivity index (χ1) is 7.31. The molecule has 1 N–H and O–H groups in total. The average molecular weight is 223 g/mol. The van der Waals surface area contributed by atoms with Gasteiger partial charge in [-0.05, 0) is 43.0 Å². The Hall–Kier alpha value is -0.540. The van der Waals surface area contributed by atoms with Crippen LogP contribution in [0.3, 0.4) is 0 Å². The molecule has 1 fully saturated rings. The Kier molecular flexibility index (Phi) is 2.45. The summed E-state index contributed by atoms with van der Waals surface area (Å²) >= 11 is 1.85. The van der Waals surface area contributed by atoms with Crippen molar-refractivity contribution in [3.63, 3.8) is 0 Å². The number of rotatable bonds is 2. The topological polar surface area (TPSA) is 12.0 Å². The average Bonchev–Trinajstić information content (AvgIpc) is 3.01. The van der Waals surface area contributed by atoms with Crippen LogP contribution in [0.1, 0.15) is 18.4 Å². The van der Waals surface area contributed by atoms with Crippen molar-refractivity contribution in [2.75, 3.05) is 5.75 Å². The normalized spacial score (nSPS) is 25.0. The van der Waals surface area contributed by atoms with E-state index in [1.54, 1.807) is 12.1 Å². The van der Waals surface area contributed by atoms with Gasteiger partial charge in [-0.15, -0.1) is 11.8 Å². The second-order valence-corrected chi connectivity index (χ2v) is 5.47. The van der Waals surface area contributed by atoms with Crippen molar-refractivity contribution in [1.82, 2.24) is 5.32 Å². The molecule has 15 heavy (non-hydrogen) atoms. The van der Waals surface area contributed by atoms with Crippen molar-refractivity contribution in [1.29, 1.82) is 0 Å². The number of halogens is 1. The fraction of sp³-hybridized carbons (Fsp3) is 0.500. The Labute approximate surface area is 93.4 Å². The molecule has 3 heteroatoms. The summed E-state index contributed by atoms with van der Waals surface area (Å²) in [7, 11) is 0. The van der Waals surface area contributed by atoms with Gasteiger partial charge in [0.2, 0.25) is 0 Å². The van der Waals surface area contributed by atoms with E-state index in [2.05, 4.69) is 5.32 Å². The van der Waals surface area contributed by atoms with E-state index < -0.39 is 0 Å². The van der Waals surface area contributed by atoms with E-state index in [1.807, 2.05) is 17.8 Å². The highest BCUT2D eigenvalue weighted by atomic mass is 32.2. The maximum absolute atomic E-state index is 13.1. The molecule has 0 radical (unpaired) electrons. The van der Waals surface area contributed by atoms with E-state index in [0.717, 1.165) is 18.2 Å². The molecule has 0 saturated heterocycles. The van der Waals surface area contributed by atoms with E-state index in [1.165, 1.54) is 23.3 Å². The van der Waals surface area contributed by atoms with Gasteiger partial charge >= 0.3 is 0 Å². The largest absolute Gasteiger partial charge is 0.310 e. The lowest BCUT2D eigenvalue weighted by Crippen LogP contribution is -2.36. The highest BCUT2D eigenvalue weighted by molar-refractivity contribution is 7.99. The Balaban J connectivity index is 1.75. The summed E-state index contributed by atoms with van der Waals surface area (Å²) in [6.07, 6.45) is 3.62. The van der Waals surface area contributed by atoms with Crippen LogP contribution < -0.4 is 5.32 Å². The zero-order chi connectivity index (χ0) is 10.3. The highest BCUT2D eigenvalue weighted by Crippen LogP contribution is 2.32. The highest BCUT2D eigenvalue weighted by Gasteiger charge is 2.27. The zero-order valence-corrected chi connectivity index (χ0v) is 9.32. The molecule has 1 aromatic rings. The van der Waals surface area contributed by atoms with Gasteiger partial charge in [0.05, 0.1) is 0 Å². The summed E-state index contributed by atoms with van der Waals surface area (Å²) in [4.78, 5) is 1.25. The zero-order valence-electron chi connectivity index (χ0n) is 8.50. The molecule has 1 unspecified atom stereocenters. The molecule has 1 heterocycles. The number of hydrogen-bond acceptors (Lipinski definition) is 2. The number of benzene rings is 1. The van der Waals surface area contributed by atoms with Gasteiger partial charge in [-0.25, -0.2) is 4.39 Å². The second kappa shape index (κ2) is 3.80. The van der Waals surface area contributed by atoms with Crippen molar-refractivity contribution >= 4 is 11.8 Å². The summed E-state index contributed by atoms with van der Waals surface area (Å²) < 4.78 is 13.1. The van der Waals surface area contributed by atoms with Crippen molar-refractivity contribution in [2.24, 2.45) is 0 Å². The molecule has 1 aromatic carbocycles. The molecule has 0 spiro atoms. The number of fused-ring (bicyclic) bond motifs is 1. The smallest absolute Gasteiger partial charge is 0.123 e. The molecule has 1 aliphatic heterocycles. The van der Waals surface area contributed by atoms with E-state index in [9.17, 15) is 4.39 Å². The van der Waals surface area contributed by atoms with E-state index >= 15 is 0 Å². The molecule has 1 atom stereocenters. The molecule has 0 amide bonds. The van der Waals surface area contributed by atoms with Gasteiger partial charge < -0.3 is 5.32 Å². The van der Waals surface area contributed by atoms with Gasteiger partial charge in [-0.3, -0.25) is 0 Å². The number of hydrogen-bond donors (Lipinski definition) is 1. The van der Waals surface area contributed by atoms with Crippen molar-refractivity contribution in [3.05, 3.63) is 29.6 Å². The molecule has 0 aromatic heterocycles. The standard InChI is InChI=1S/C12H14FNS/c13-9-1-4-12-8(5-9)6-11(7-15-12)14-10-2-3-10/h1,4-5,10-11,14H,2-3,6-7H2. The quantitative estimate of drug-likeness (QED) is 0.827. The molecule has 80 valence electrons. The predicted molar refractivity (Wildman–Crippen MR) is 60.8 cm³/mol. The van der Waals surface area contributed by atoms with Crippen LogP contribution in [0, 0.1) is 5.82 Å². The Bertz CT molecular complexity index is 376. The SMILES string of the molecule is Fc1ccc2c(c1)CC(NC1CC1)CS2. The van der Waals surface area contributed by atoms with Crippen LogP contribution in [0.25, 0.3) is 0 Å². The third-order valence-electron chi connectivity index (χ3n) is 2.98. The minimum atomic E-state index is -0.110. The van der Waals surface area contributed by atoms with Crippen LogP contribution in [-0.4, -0.2) is 17.8 Å². The molecule has 1 nitrogen and oxygen atoms in total. The summed E-state index contributed by atoms with van der Waals surface area (Å²) in [5, 5.41) is 3.61. The van der Waals surface area contributed by atoms with Crippen molar-refractivity contribution in [3.8, 4) is 0 Å². The number of thioether (sulfide) groups is 1. The molecule has 0 bridgehead atoms. The summed E-state index contributed by atoms with van der Waals surface area (Å²) in [6, 6.07) is 6.43. The second-order valence-electron chi connectivity index (χ2n) is 4.41. The van der Waals surface area contributed by atoms with Gasteiger partial charge in [0, 0.05) is 22.7 Å². The number of nitrogens with one attached hydrogen (secondary N) is 1. The molecular weight excluding hydrogens is 209 g/mol. The molecule has 3 rings (SSSR count). The van der Waals surface area contributed by atoms with E-state index in [-0.39, 0.29) is 5.82 Å². The first-order valence-electron chi connectivity index (χ1n) is 5.48. The van der Waals surface area contributed by atoms with Gasteiger partial charge in [-0.1, -0.05) is 0 Å². The van der Waals surface area contributed by atoms with Crippen LogP contribution in [0.5, 0.6) is 0 Å². The van der Waals surface area contributed by atoms with E-state index in [0.29, 0.717) is 6.04 Å². The third-order valence-corrected chi connectivity index (χ3v) is 4.26. The predicted octanol–water partition coefficient (Wildman–Crippen LogP) is 2.59. The van der Waals surface area contributed by atoms with Gasteiger partial charge in [0.15, 0.2) is 0 Å². The van der Waals surface area contributed by atoms with Gasteiger partial charge in [-0.2, -0.15) is 0 Å². The van der Waals surface area contributed by atoms with Crippen LogP contribution in [0.15, 0.2) is 23.1 Å². The molecule has 1 saturated carbocycles. The fourth-order valence-electron chi connectivity index (χ4n) is 2.05. The van der Waals surface area contributed by atoms with Crippen LogP contribution in [0.2, 0.25) is 0 Å². The first-order valence-corrected chi connectivity index (χ1v) is 6.47. The Morgan fingerprint density at radius 3 is 2.93 bits per heavy atom. The summed E-state index contributed by atoms with van der Waals surface area (Å²) in [5.41, 5.74) is 1.17. The monoisotopic (exact) mass is 223 g/mol. The maximum Gasteiger partial charge on any atom is 0.123 e. The van der Waals surface area contributed by atoms with Gasteiger partial charge in [0.25, 0.3) is 0 Å². The third kappa shape index (κ3) is 2.18. The minimum absolute atomic E-state index is 0.110. The maximum atomic E-state index is 13.1. The first kappa shape index (κ1) is 9.67. The molecule has 2 aliphatic rings. The van der Waals surface area contributed by atoms with Crippen molar-refractivity contribution in [2.45, 2.75) is 36.2 Å². The Morgan fingerprint density at radius 1 is 1.27 bits per heavy atom. The van der Waals surface area contributed by atoms with Crippen LogP contribution >= 0.6 is 11.8 Å². The van der Waals surface area contributed by atoms with Crippen molar-refractivity contribution < 1.29 is 4.39 Å². The Morgan fingerprint density at radius 2 is 2.13 bits per heavy atom. The summed E-state index contributed by atoms with van der Waals surface area (Å²) in [5.74, 6) is 1.01. The molecule has 1 aliphatic carbocycles. The van der Waals surface area contributed by atoms with Crippen LogP contribution in [0.4, 0.5) is 4.39 Å². The van der Waals surface area contributed by atoms with Crippen LogP contribution in [-0.2, 0) is 6.42 Å². The lowest BCUT2D eigenvalue weighted by molar-refractivity contribution is 0.537. The van der Waals surface area contributed by atoms with E-state index in [4.69, 9.17) is 0 Å². The minimum Gasteiger partial charge on any atom is -0.310 e. The molecular formula is C12H14FNS.